The van der Waals surface area contributed by atoms with E-state index in [1.807, 2.05) is 20.8 Å². The van der Waals surface area contributed by atoms with Gasteiger partial charge in [0.25, 0.3) is 0 Å². The average molecular weight is 310 g/mol. The molecule has 1 aliphatic rings. The molecular formula is C13H24ClNO3S. The van der Waals surface area contributed by atoms with E-state index < -0.39 is 15.1 Å². The molecular weight excluding hydrogens is 286 g/mol. The average Bonchev–Trinajstić information content (AvgIpc) is 2.26. The standard InChI is InChI=1S/C13H24ClNO3S/c1-13(2,3)11(7-8-14)15-12(16)10-6-4-5-9-19(10,17)18/h10-11H,4-9H2,1-3H3,(H,15,16). The van der Waals surface area contributed by atoms with Gasteiger partial charge >= 0.3 is 0 Å². The van der Waals surface area contributed by atoms with Gasteiger partial charge in [0.15, 0.2) is 9.84 Å². The summed E-state index contributed by atoms with van der Waals surface area (Å²) in [6.07, 6.45) is 2.54. The van der Waals surface area contributed by atoms with Gasteiger partial charge in [0.05, 0.1) is 5.75 Å². The molecule has 1 aliphatic heterocycles. The molecule has 112 valence electrons. The molecule has 1 fully saturated rings. The second-order valence-corrected chi connectivity index (χ2v) is 8.94. The Morgan fingerprint density at radius 1 is 1.37 bits per heavy atom. The van der Waals surface area contributed by atoms with Gasteiger partial charge in [-0.2, -0.15) is 0 Å². The van der Waals surface area contributed by atoms with E-state index >= 15 is 0 Å². The summed E-state index contributed by atoms with van der Waals surface area (Å²) in [6, 6.07) is -0.102. The largest absolute Gasteiger partial charge is 0.352 e. The van der Waals surface area contributed by atoms with Crippen LogP contribution in [0.15, 0.2) is 0 Å². The molecule has 0 bridgehead atoms. The summed E-state index contributed by atoms with van der Waals surface area (Å²) in [5.41, 5.74) is -0.136. The van der Waals surface area contributed by atoms with Crippen LogP contribution in [0.3, 0.4) is 0 Å². The number of hydrogen-bond acceptors (Lipinski definition) is 3. The Kier molecular flexibility index (Phi) is 5.68. The van der Waals surface area contributed by atoms with Crippen LogP contribution in [0.5, 0.6) is 0 Å². The number of sulfone groups is 1. The molecule has 2 atom stereocenters. The summed E-state index contributed by atoms with van der Waals surface area (Å²) in [5, 5.41) is 2.01. The van der Waals surface area contributed by atoms with E-state index in [4.69, 9.17) is 11.6 Å². The number of hydrogen-bond donors (Lipinski definition) is 1. The summed E-state index contributed by atoms with van der Waals surface area (Å²) < 4.78 is 23.9. The molecule has 1 N–H and O–H groups in total. The van der Waals surface area contributed by atoms with Crippen molar-refractivity contribution in [1.82, 2.24) is 5.32 Å². The molecule has 1 rings (SSSR count). The van der Waals surface area contributed by atoms with Gasteiger partial charge in [-0.05, 0) is 24.7 Å². The second kappa shape index (κ2) is 6.44. The van der Waals surface area contributed by atoms with Gasteiger partial charge in [0, 0.05) is 11.9 Å². The Hall–Kier alpha value is -0.290. The van der Waals surface area contributed by atoms with Gasteiger partial charge in [0.1, 0.15) is 5.25 Å². The molecule has 1 heterocycles. The van der Waals surface area contributed by atoms with Crippen molar-refractivity contribution in [3.8, 4) is 0 Å². The minimum absolute atomic E-state index is 0.102. The van der Waals surface area contributed by atoms with E-state index in [0.717, 1.165) is 6.42 Å². The zero-order valence-corrected chi connectivity index (χ0v) is 13.5. The highest BCUT2D eigenvalue weighted by molar-refractivity contribution is 7.92. The maximum absolute atomic E-state index is 12.2. The number of alkyl halides is 1. The minimum Gasteiger partial charge on any atom is -0.352 e. The zero-order valence-electron chi connectivity index (χ0n) is 11.9. The Balaban J connectivity index is 2.77. The van der Waals surface area contributed by atoms with Gasteiger partial charge in [0.2, 0.25) is 5.91 Å². The fourth-order valence-corrected chi connectivity index (χ4v) is 4.37. The molecule has 0 aromatic rings. The summed E-state index contributed by atoms with van der Waals surface area (Å²) in [4.78, 5) is 12.2. The number of carbonyl (C=O) groups excluding carboxylic acids is 1. The first kappa shape index (κ1) is 16.8. The number of carbonyl (C=O) groups is 1. The third-order valence-corrected chi connectivity index (χ3v) is 6.02. The number of halogens is 1. The summed E-state index contributed by atoms with van der Waals surface area (Å²) in [6.45, 7) is 6.04. The fourth-order valence-electron chi connectivity index (χ4n) is 2.34. The van der Waals surface area contributed by atoms with E-state index in [9.17, 15) is 13.2 Å². The molecule has 0 aliphatic carbocycles. The van der Waals surface area contributed by atoms with Crippen LogP contribution in [0.1, 0.15) is 46.5 Å². The lowest BCUT2D eigenvalue weighted by Gasteiger charge is -2.33. The number of rotatable bonds is 4. The predicted molar refractivity (Wildman–Crippen MR) is 78.1 cm³/mol. The predicted octanol–water partition coefficient (Wildman–Crippen LogP) is 2.11. The van der Waals surface area contributed by atoms with Gasteiger partial charge < -0.3 is 5.32 Å². The lowest BCUT2D eigenvalue weighted by molar-refractivity contribution is -0.122. The van der Waals surface area contributed by atoms with Crippen molar-refractivity contribution in [2.45, 2.75) is 57.7 Å². The Bertz CT molecular complexity index is 414. The number of nitrogens with one attached hydrogen (secondary N) is 1. The highest BCUT2D eigenvalue weighted by Crippen LogP contribution is 2.24. The van der Waals surface area contributed by atoms with Crippen molar-refractivity contribution in [2.24, 2.45) is 5.41 Å². The van der Waals surface area contributed by atoms with Crippen LogP contribution < -0.4 is 5.32 Å². The molecule has 1 amide bonds. The molecule has 4 nitrogen and oxygen atoms in total. The van der Waals surface area contributed by atoms with Gasteiger partial charge in [-0.3, -0.25) is 4.79 Å². The second-order valence-electron chi connectivity index (χ2n) is 6.26. The quantitative estimate of drug-likeness (QED) is 0.809. The Morgan fingerprint density at radius 2 is 2.00 bits per heavy atom. The third kappa shape index (κ3) is 4.63. The fraction of sp³-hybridized carbons (Fsp3) is 0.923. The van der Waals surface area contributed by atoms with Crippen LogP contribution in [0.25, 0.3) is 0 Å². The molecule has 19 heavy (non-hydrogen) atoms. The van der Waals surface area contributed by atoms with Gasteiger partial charge in [-0.15, -0.1) is 11.6 Å². The van der Waals surface area contributed by atoms with E-state index in [-0.39, 0.29) is 23.1 Å². The smallest absolute Gasteiger partial charge is 0.238 e. The highest BCUT2D eigenvalue weighted by atomic mass is 35.5. The third-order valence-electron chi connectivity index (χ3n) is 3.63. The molecule has 2 unspecified atom stereocenters. The Morgan fingerprint density at radius 3 is 2.47 bits per heavy atom. The van der Waals surface area contributed by atoms with Gasteiger partial charge in [-0.1, -0.05) is 27.2 Å². The van der Waals surface area contributed by atoms with E-state index in [0.29, 0.717) is 25.1 Å². The SMILES string of the molecule is CC(C)(C)C(CCCl)NC(=O)C1CCCCS1(=O)=O. The molecule has 0 radical (unpaired) electrons. The summed E-state index contributed by atoms with van der Waals surface area (Å²) in [5.74, 6) is 0.213. The van der Waals surface area contributed by atoms with Crippen LogP contribution in [0.2, 0.25) is 0 Å². The lowest BCUT2D eigenvalue weighted by atomic mass is 9.85. The molecule has 0 aromatic carbocycles. The van der Waals surface area contributed by atoms with Crippen molar-refractivity contribution < 1.29 is 13.2 Å². The minimum atomic E-state index is -3.27. The summed E-state index contributed by atoms with van der Waals surface area (Å²) in [7, 11) is -3.27. The first-order valence-electron chi connectivity index (χ1n) is 6.76. The molecule has 0 aromatic heterocycles. The van der Waals surface area contributed by atoms with Gasteiger partial charge in [-0.25, -0.2) is 8.42 Å². The topological polar surface area (TPSA) is 63.2 Å². The lowest BCUT2D eigenvalue weighted by Crippen LogP contribution is -2.50. The van der Waals surface area contributed by atoms with Crippen molar-refractivity contribution in [1.29, 1.82) is 0 Å². The van der Waals surface area contributed by atoms with Crippen molar-refractivity contribution in [3.05, 3.63) is 0 Å². The first-order chi connectivity index (χ1) is 8.68. The summed E-state index contributed by atoms with van der Waals surface area (Å²) >= 11 is 5.76. The van der Waals surface area contributed by atoms with E-state index in [1.54, 1.807) is 0 Å². The molecule has 1 saturated heterocycles. The molecule has 6 heteroatoms. The van der Waals surface area contributed by atoms with Crippen molar-refractivity contribution in [3.63, 3.8) is 0 Å². The zero-order chi connectivity index (χ0) is 14.7. The monoisotopic (exact) mass is 309 g/mol. The maximum Gasteiger partial charge on any atom is 0.238 e. The van der Waals surface area contributed by atoms with Crippen molar-refractivity contribution in [2.75, 3.05) is 11.6 Å². The normalized spacial score (nSPS) is 24.7. The maximum atomic E-state index is 12.2. The van der Waals surface area contributed by atoms with E-state index in [2.05, 4.69) is 5.32 Å². The van der Waals surface area contributed by atoms with Crippen LogP contribution in [0.4, 0.5) is 0 Å². The van der Waals surface area contributed by atoms with Crippen molar-refractivity contribution >= 4 is 27.3 Å². The van der Waals surface area contributed by atoms with E-state index in [1.165, 1.54) is 0 Å². The highest BCUT2D eigenvalue weighted by Gasteiger charge is 2.37. The molecule has 0 spiro atoms. The van der Waals surface area contributed by atoms with Crippen LogP contribution in [0, 0.1) is 5.41 Å². The van der Waals surface area contributed by atoms with Crippen LogP contribution in [-0.2, 0) is 14.6 Å². The van der Waals surface area contributed by atoms with Crippen LogP contribution in [-0.4, -0.2) is 37.2 Å². The first-order valence-corrected chi connectivity index (χ1v) is 9.01. The molecule has 0 saturated carbocycles. The number of amides is 1. The van der Waals surface area contributed by atoms with Crippen LogP contribution >= 0.6 is 11.6 Å². The Labute approximate surface area is 121 Å².